The van der Waals surface area contributed by atoms with Gasteiger partial charge in [0.15, 0.2) is 5.17 Å². The van der Waals surface area contributed by atoms with Crippen molar-refractivity contribution in [1.82, 2.24) is 4.90 Å². The Bertz CT molecular complexity index is 979. The maximum atomic E-state index is 13.4. The highest BCUT2D eigenvalue weighted by molar-refractivity contribution is 8.18. The predicted molar refractivity (Wildman–Crippen MR) is 114 cm³/mol. The van der Waals surface area contributed by atoms with Gasteiger partial charge in [-0.2, -0.15) is 0 Å². The van der Waals surface area contributed by atoms with Crippen molar-refractivity contribution in [1.29, 1.82) is 0 Å². The van der Waals surface area contributed by atoms with Gasteiger partial charge in [-0.15, -0.1) is 0 Å². The van der Waals surface area contributed by atoms with Gasteiger partial charge in [0.1, 0.15) is 5.82 Å². The van der Waals surface area contributed by atoms with Gasteiger partial charge in [0.05, 0.1) is 10.6 Å². The smallest absolute Gasteiger partial charge is 0.266 e. The first-order valence-corrected chi connectivity index (χ1v) is 10.2. The van der Waals surface area contributed by atoms with Gasteiger partial charge in [0, 0.05) is 25.8 Å². The molecule has 28 heavy (non-hydrogen) atoms. The molecule has 2 aliphatic rings. The fraction of sp³-hybridized carbons (Fsp3) is 0.273. The number of anilines is 1. The molecule has 2 aromatic carbocycles. The van der Waals surface area contributed by atoms with Crippen molar-refractivity contribution in [3.8, 4) is 0 Å². The number of amidine groups is 1. The molecule has 0 aliphatic carbocycles. The van der Waals surface area contributed by atoms with Crippen molar-refractivity contribution in [2.75, 3.05) is 25.0 Å². The number of carbonyl (C=O) groups is 1. The van der Waals surface area contributed by atoms with Crippen LogP contribution in [0.3, 0.4) is 0 Å². The first-order valence-electron chi connectivity index (χ1n) is 9.39. The van der Waals surface area contributed by atoms with Crippen molar-refractivity contribution >= 4 is 40.3 Å². The molecule has 0 saturated carbocycles. The number of aliphatic imine (C=N–C) groups is 1. The normalized spacial score (nSPS) is 20.0. The summed E-state index contributed by atoms with van der Waals surface area (Å²) >= 11 is 1.32. The largest absolute Gasteiger partial charge is 0.372 e. The minimum absolute atomic E-state index is 0.0943. The van der Waals surface area contributed by atoms with Gasteiger partial charge in [-0.05, 0) is 79.1 Å². The highest BCUT2D eigenvalue weighted by Crippen LogP contribution is 2.34. The molecule has 0 bridgehead atoms. The maximum Gasteiger partial charge on any atom is 0.266 e. The summed E-state index contributed by atoms with van der Waals surface area (Å²) in [5, 5.41) is 0.549. The van der Waals surface area contributed by atoms with Crippen LogP contribution in [0.1, 0.15) is 24.0 Å². The third kappa shape index (κ3) is 3.83. The molecule has 4 nitrogen and oxygen atoms in total. The van der Waals surface area contributed by atoms with Crippen molar-refractivity contribution in [2.45, 2.75) is 19.8 Å². The summed E-state index contributed by atoms with van der Waals surface area (Å²) in [6.07, 6.45) is 4.41. The monoisotopic (exact) mass is 395 g/mol. The summed E-state index contributed by atoms with van der Waals surface area (Å²) in [5.74, 6) is -0.438. The number of benzene rings is 2. The van der Waals surface area contributed by atoms with Crippen molar-refractivity contribution in [3.05, 3.63) is 64.3 Å². The molecule has 0 atom stereocenters. The Morgan fingerprint density at radius 3 is 2.64 bits per heavy atom. The lowest BCUT2D eigenvalue weighted by Crippen LogP contribution is -2.23. The second kappa shape index (κ2) is 7.80. The Labute approximate surface area is 168 Å². The van der Waals surface area contributed by atoms with Gasteiger partial charge in [-0.25, -0.2) is 9.38 Å². The van der Waals surface area contributed by atoms with Crippen LogP contribution < -0.4 is 4.90 Å². The van der Waals surface area contributed by atoms with E-state index in [2.05, 4.69) is 35.0 Å². The summed E-state index contributed by atoms with van der Waals surface area (Å²) < 4.78 is 13.4. The third-order valence-electron chi connectivity index (χ3n) is 5.05. The number of rotatable bonds is 3. The lowest BCUT2D eigenvalue weighted by atomic mass is 10.1. The standard InChI is InChI=1S/C22H22FN3OS/c1-15-12-19(26-10-3-4-11-26)9-8-16(15)13-20-21(27)25(2)22(28-20)24-18-7-5-6-17(23)14-18/h5-9,12-14H,3-4,10-11H2,1-2H3/b20-13-,24-22?. The van der Waals surface area contributed by atoms with Crippen LogP contribution in [0, 0.1) is 12.7 Å². The Balaban J connectivity index is 1.59. The number of hydrogen-bond acceptors (Lipinski definition) is 4. The van der Waals surface area contributed by atoms with E-state index in [0.717, 1.165) is 24.2 Å². The van der Waals surface area contributed by atoms with Gasteiger partial charge in [0.25, 0.3) is 5.91 Å². The number of hydrogen-bond donors (Lipinski definition) is 0. The first-order chi connectivity index (χ1) is 13.5. The Morgan fingerprint density at radius 1 is 1.14 bits per heavy atom. The van der Waals surface area contributed by atoms with Gasteiger partial charge >= 0.3 is 0 Å². The Morgan fingerprint density at radius 2 is 1.93 bits per heavy atom. The molecule has 2 aromatic rings. The van der Waals surface area contributed by atoms with Crippen molar-refractivity contribution < 1.29 is 9.18 Å². The van der Waals surface area contributed by atoms with E-state index in [9.17, 15) is 9.18 Å². The molecule has 0 spiro atoms. The Kier molecular flexibility index (Phi) is 5.22. The SMILES string of the molecule is Cc1cc(N2CCCC2)ccc1/C=C1\SC(=Nc2cccc(F)c2)N(C)C1=O. The van der Waals surface area contributed by atoms with Crippen molar-refractivity contribution in [2.24, 2.45) is 4.99 Å². The highest BCUT2D eigenvalue weighted by Gasteiger charge is 2.30. The van der Waals surface area contributed by atoms with Gasteiger partial charge < -0.3 is 4.90 Å². The van der Waals surface area contributed by atoms with Crippen LogP contribution in [-0.4, -0.2) is 36.1 Å². The van der Waals surface area contributed by atoms with Crippen LogP contribution in [0.2, 0.25) is 0 Å². The molecule has 2 heterocycles. The molecule has 0 unspecified atom stereocenters. The van der Waals surface area contributed by atoms with Gasteiger partial charge in [0.2, 0.25) is 0 Å². The zero-order chi connectivity index (χ0) is 19.7. The molecular formula is C22H22FN3OS. The molecular weight excluding hydrogens is 373 g/mol. The summed E-state index contributed by atoms with van der Waals surface area (Å²) in [5.41, 5.74) is 3.91. The van der Waals surface area contributed by atoms with E-state index in [1.807, 2.05) is 6.08 Å². The molecule has 2 saturated heterocycles. The van der Waals surface area contributed by atoms with Crippen LogP contribution in [0.15, 0.2) is 52.4 Å². The quantitative estimate of drug-likeness (QED) is 0.689. The number of likely N-dealkylation sites (N-methyl/N-ethyl adjacent to an activating group) is 1. The number of halogens is 1. The van der Waals surface area contributed by atoms with E-state index in [1.165, 1.54) is 47.3 Å². The summed E-state index contributed by atoms with van der Waals surface area (Å²) in [6, 6.07) is 12.4. The molecule has 0 radical (unpaired) electrons. The number of thioether (sulfide) groups is 1. The van der Waals surface area contributed by atoms with E-state index in [1.54, 1.807) is 19.2 Å². The summed E-state index contributed by atoms with van der Waals surface area (Å²) in [4.78, 5) is 21.6. The molecule has 2 fully saturated rings. The molecule has 2 aliphatic heterocycles. The fourth-order valence-electron chi connectivity index (χ4n) is 3.44. The van der Waals surface area contributed by atoms with Crippen LogP contribution in [-0.2, 0) is 4.79 Å². The second-order valence-corrected chi connectivity index (χ2v) is 8.09. The minimum atomic E-state index is -0.344. The summed E-state index contributed by atoms with van der Waals surface area (Å²) in [6.45, 7) is 4.29. The molecule has 144 valence electrons. The average Bonchev–Trinajstić information content (AvgIpc) is 3.29. The lowest BCUT2D eigenvalue weighted by Gasteiger charge is -2.18. The molecule has 6 heteroatoms. The highest BCUT2D eigenvalue weighted by atomic mass is 32.2. The van der Waals surface area contributed by atoms with E-state index in [4.69, 9.17) is 0 Å². The van der Waals surface area contributed by atoms with E-state index >= 15 is 0 Å². The third-order valence-corrected chi connectivity index (χ3v) is 6.11. The topological polar surface area (TPSA) is 35.9 Å². The predicted octanol–water partition coefficient (Wildman–Crippen LogP) is 4.97. The maximum absolute atomic E-state index is 13.4. The van der Waals surface area contributed by atoms with E-state index in [0.29, 0.717) is 15.8 Å². The van der Waals surface area contributed by atoms with Crippen LogP contribution >= 0.6 is 11.8 Å². The average molecular weight is 396 g/mol. The minimum Gasteiger partial charge on any atom is -0.372 e. The lowest BCUT2D eigenvalue weighted by molar-refractivity contribution is -0.121. The molecule has 4 rings (SSSR count). The number of amides is 1. The van der Waals surface area contributed by atoms with Crippen LogP contribution in [0.5, 0.6) is 0 Å². The van der Waals surface area contributed by atoms with Crippen molar-refractivity contribution in [3.63, 3.8) is 0 Å². The first kappa shape index (κ1) is 18.7. The number of nitrogens with zero attached hydrogens (tertiary/aromatic N) is 3. The molecule has 0 aromatic heterocycles. The fourth-order valence-corrected chi connectivity index (χ4v) is 4.42. The zero-order valence-electron chi connectivity index (χ0n) is 16.0. The van der Waals surface area contributed by atoms with Gasteiger partial charge in [-0.3, -0.25) is 9.69 Å². The molecule has 1 amide bonds. The van der Waals surface area contributed by atoms with Crippen LogP contribution in [0.4, 0.5) is 15.8 Å². The Hall–Kier alpha value is -2.60. The van der Waals surface area contributed by atoms with Crippen LogP contribution in [0.25, 0.3) is 6.08 Å². The number of carbonyl (C=O) groups excluding carboxylic acids is 1. The van der Waals surface area contributed by atoms with Gasteiger partial charge in [-0.1, -0.05) is 12.1 Å². The van der Waals surface area contributed by atoms with E-state index < -0.39 is 0 Å². The number of aryl methyl sites for hydroxylation is 1. The zero-order valence-corrected chi connectivity index (χ0v) is 16.8. The second-order valence-electron chi connectivity index (χ2n) is 7.08. The molecule has 0 N–H and O–H groups in total. The van der Waals surface area contributed by atoms with E-state index in [-0.39, 0.29) is 11.7 Å². The summed E-state index contributed by atoms with van der Waals surface area (Å²) in [7, 11) is 1.69.